The fourth-order valence-electron chi connectivity index (χ4n) is 3.30. The molecule has 3 atom stereocenters. The van der Waals surface area contributed by atoms with Crippen molar-refractivity contribution < 1.29 is 9.47 Å². The van der Waals surface area contributed by atoms with Crippen LogP contribution in [0.15, 0.2) is 29.3 Å². The first-order chi connectivity index (χ1) is 12.8. The van der Waals surface area contributed by atoms with Gasteiger partial charge in [0, 0.05) is 43.3 Å². The molecule has 1 saturated heterocycles. The molecule has 2 aliphatic rings. The average Bonchev–Trinajstić information content (AvgIpc) is 3.20. The number of ether oxygens (including phenoxy) is 2. The lowest BCUT2D eigenvalue weighted by Crippen LogP contribution is -2.39. The molecule has 3 unspecified atom stereocenters. The van der Waals surface area contributed by atoms with E-state index >= 15 is 0 Å². The first-order valence-electron chi connectivity index (χ1n) is 9.76. The molecule has 5 nitrogen and oxygen atoms in total. The molecule has 2 N–H and O–H groups in total. The van der Waals surface area contributed by atoms with Crippen LogP contribution in [-0.4, -0.2) is 51.0 Å². The van der Waals surface area contributed by atoms with Gasteiger partial charge in [-0.2, -0.15) is 0 Å². The van der Waals surface area contributed by atoms with Crippen molar-refractivity contribution in [1.82, 2.24) is 10.6 Å². The van der Waals surface area contributed by atoms with Gasteiger partial charge in [-0.25, -0.2) is 0 Å². The lowest BCUT2D eigenvalue weighted by molar-refractivity contribution is 0.0171. The van der Waals surface area contributed by atoms with Crippen LogP contribution >= 0.6 is 11.6 Å². The summed E-state index contributed by atoms with van der Waals surface area (Å²) in [5, 5.41) is 7.66. The molecule has 0 bridgehead atoms. The largest absolute Gasteiger partial charge is 0.379 e. The summed E-state index contributed by atoms with van der Waals surface area (Å²) in [6.45, 7) is 6.03. The van der Waals surface area contributed by atoms with E-state index in [0.717, 1.165) is 63.0 Å². The topological polar surface area (TPSA) is 54.9 Å². The zero-order chi connectivity index (χ0) is 18.2. The molecule has 1 aromatic carbocycles. The first-order valence-corrected chi connectivity index (χ1v) is 10.1. The van der Waals surface area contributed by atoms with Crippen LogP contribution in [0.3, 0.4) is 0 Å². The Kier molecular flexibility index (Phi) is 7.59. The molecule has 2 fully saturated rings. The Bertz CT molecular complexity index is 590. The van der Waals surface area contributed by atoms with Crippen LogP contribution in [0.4, 0.5) is 0 Å². The highest BCUT2D eigenvalue weighted by Crippen LogP contribution is 2.41. The van der Waals surface area contributed by atoms with Gasteiger partial charge in [0.15, 0.2) is 5.96 Å². The number of nitrogens with zero attached hydrogens (tertiary/aromatic N) is 1. The van der Waals surface area contributed by atoms with E-state index in [1.165, 1.54) is 5.56 Å². The van der Waals surface area contributed by atoms with Gasteiger partial charge in [-0.1, -0.05) is 23.7 Å². The van der Waals surface area contributed by atoms with Gasteiger partial charge in [-0.15, -0.1) is 0 Å². The number of nitrogens with one attached hydrogen (secondary N) is 2. The van der Waals surface area contributed by atoms with Gasteiger partial charge >= 0.3 is 0 Å². The molecule has 0 amide bonds. The summed E-state index contributed by atoms with van der Waals surface area (Å²) in [5.74, 6) is 1.41. The van der Waals surface area contributed by atoms with Crippen LogP contribution in [0, 0.1) is 0 Å². The Hall–Kier alpha value is -1.30. The van der Waals surface area contributed by atoms with Crippen LogP contribution in [0.25, 0.3) is 0 Å². The van der Waals surface area contributed by atoms with Crippen molar-refractivity contribution in [1.29, 1.82) is 0 Å². The van der Waals surface area contributed by atoms with Gasteiger partial charge in [0.2, 0.25) is 0 Å². The van der Waals surface area contributed by atoms with Crippen LogP contribution < -0.4 is 10.6 Å². The molecule has 6 heteroatoms. The Morgan fingerprint density at radius 3 is 3.12 bits per heavy atom. The van der Waals surface area contributed by atoms with Crippen molar-refractivity contribution in [2.75, 3.05) is 32.9 Å². The average molecular weight is 380 g/mol. The molecule has 1 aliphatic carbocycles. The van der Waals surface area contributed by atoms with E-state index in [-0.39, 0.29) is 0 Å². The molecule has 144 valence electrons. The number of aliphatic imine (C=N–C) groups is 1. The second-order valence-electron chi connectivity index (χ2n) is 6.97. The summed E-state index contributed by atoms with van der Waals surface area (Å²) in [4.78, 5) is 4.67. The Balaban J connectivity index is 1.36. The molecule has 0 radical (unpaired) electrons. The number of hydrogen-bond donors (Lipinski definition) is 2. The van der Waals surface area contributed by atoms with Crippen molar-refractivity contribution in [3.63, 3.8) is 0 Å². The second-order valence-corrected chi connectivity index (χ2v) is 7.41. The van der Waals surface area contributed by atoms with Crippen LogP contribution in [0.2, 0.25) is 5.02 Å². The Morgan fingerprint density at radius 1 is 1.42 bits per heavy atom. The smallest absolute Gasteiger partial charge is 0.191 e. The fourth-order valence-corrected chi connectivity index (χ4v) is 3.50. The van der Waals surface area contributed by atoms with Crippen molar-refractivity contribution in [3.05, 3.63) is 34.9 Å². The van der Waals surface area contributed by atoms with Crippen LogP contribution in [-0.2, 0) is 9.47 Å². The molecule has 1 saturated carbocycles. The third kappa shape index (κ3) is 6.15. The maximum atomic E-state index is 6.10. The van der Waals surface area contributed by atoms with E-state index in [1.54, 1.807) is 0 Å². The minimum absolute atomic E-state index is 0.302. The third-order valence-corrected chi connectivity index (χ3v) is 5.01. The molecular formula is C20H30ClN3O2. The summed E-state index contributed by atoms with van der Waals surface area (Å²) in [6, 6.07) is 8.57. The van der Waals surface area contributed by atoms with Crippen LogP contribution in [0.5, 0.6) is 0 Å². The summed E-state index contributed by atoms with van der Waals surface area (Å²) in [6.07, 6.45) is 4.63. The van der Waals surface area contributed by atoms with E-state index < -0.39 is 0 Å². The number of benzene rings is 1. The Morgan fingerprint density at radius 2 is 2.35 bits per heavy atom. The molecule has 1 heterocycles. The lowest BCUT2D eigenvalue weighted by atomic mass is 10.1. The van der Waals surface area contributed by atoms with Gasteiger partial charge < -0.3 is 20.1 Å². The predicted molar refractivity (Wildman–Crippen MR) is 106 cm³/mol. The number of rotatable bonds is 9. The number of hydrogen-bond acceptors (Lipinski definition) is 3. The Labute approximate surface area is 161 Å². The maximum absolute atomic E-state index is 6.10. The number of halogens is 1. The van der Waals surface area contributed by atoms with Crippen molar-refractivity contribution >= 4 is 17.6 Å². The molecule has 0 aromatic heterocycles. The zero-order valence-corrected chi connectivity index (χ0v) is 16.3. The van der Waals surface area contributed by atoms with E-state index in [0.29, 0.717) is 24.7 Å². The SMILES string of the molecule is CCNC(=NCCCOCC1CCCO1)NC1CC1c1cccc(Cl)c1. The third-order valence-electron chi connectivity index (χ3n) is 4.78. The molecule has 0 spiro atoms. The first kappa shape index (κ1) is 19.5. The van der Waals surface area contributed by atoms with E-state index in [4.69, 9.17) is 21.1 Å². The summed E-state index contributed by atoms with van der Waals surface area (Å²) in [7, 11) is 0. The van der Waals surface area contributed by atoms with Crippen LogP contribution in [0.1, 0.15) is 44.1 Å². The molecule has 1 aromatic rings. The predicted octanol–water partition coefficient (Wildman–Crippen LogP) is 3.34. The lowest BCUT2D eigenvalue weighted by Gasteiger charge is -2.12. The van der Waals surface area contributed by atoms with Gasteiger partial charge in [-0.05, 0) is 50.3 Å². The van der Waals surface area contributed by atoms with Gasteiger partial charge in [-0.3, -0.25) is 4.99 Å². The molecule has 3 rings (SSSR count). The van der Waals surface area contributed by atoms with Gasteiger partial charge in [0.1, 0.15) is 0 Å². The molecular weight excluding hydrogens is 350 g/mol. The highest BCUT2D eigenvalue weighted by atomic mass is 35.5. The van der Waals surface area contributed by atoms with Crippen molar-refractivity contribution in [2.24, 2.45) is 4.99 Å². The fraction of sp³-hybridized carbons (Fsp3) is 0.650. The van der Waals surface area contributed by atoms with E-state index in [2.05, 4.69) is 34.7 Å². The highest BCUT2D eigenvalue weighted by Gasteiger charge is 2.39. The van der Waals surface area contributed by atoms with Gasteiger partial charge in [0.05, 0.1) is 12.7 Å². The van der Waals surface area contributed by atoms with E-state index in [1.807, 2.05) is 12.1 Å². The minimum atomic E-state index is 0.302. The summed E-state index contributed by atoms with van der Waals surface area (Å²) in [5.41, 5.74) is 1.30. The molecule has 26 heavy (non-hydrogen) atoms. The quantitative estimate of drug-likeness (QED) is 0.392. The minimum Gasteiger partial charge on any atom is -0.379 e. The van der Waals surface area contributed by atoms with Crippen molar-refractivity contribution in [2.45, 2.75) is 50.7 Å². The normalized spacial score (nSPS) is 25.3. The molecule has 1 aliphatic heterocycles. The van der Waals surface area contributed by atoms with Crippen molar-refractivity contribution in [3.8, 4) is 0 Å². The maximum Gasteiger partial charge on any atom is 0.191 e. The van der Waals surface area contributed by atoms with Gasteiger partial charge in [0.25, 0.3) is 0 Å². The number of guanidine groups is 1. The summed E-state index contributed by atoms with van der Waals surface area (Å²) >= 11 is 6.10. The monoisotopic (exact) mass is 379 g/mol. The standard InChI is InChI=1S/C20H30ClN3O2/c1-2-22-20(23-9-5-10-25-14-17-8-4-11-26-17)24-19-13-18(19)15-6-3-7-16(21)12-15/h3,6-7,12,17-19H,2,4-5,8-11,13-14H2,1H3,(H2,22,23,24). The highest BCUT2D eigenvalue weighted by molar-refractivity contribution is 6.30. The zero-order valence-electron chi connectivity index (χ0n) is 15.5. The second kappa shape index (κ2) is 10.1. The summed E-state index contributed by atoms with van der Waals surface area (Å²) < 4.78 is 11.2. The van der Waals surface area contributed by atoms with E-state index in [9.17, 15) is 0 Å².